The number of Topliss-reactive ketones (excluding diaryl/α,β-unsaturated/α-hetero) is 1. The SMILES string of the molecule is COC(=O)C(N=Cc1ccccc1P(c1ccccc1)c1ccccc1)C(=O)c1ccccc1. The summed E-state index contributed by atoms with van der Waals surface area (Å²) in [7, 11) is 0.397. The monoisotopic (exact) mass is 465 g/mol. The van der Waals surface area contributed by atoms with Gasteiger partial charge in [-0.1, -0.05) is 115 Å². The lowest BCUT2D eigenvalue weighted by molar-refractivity contribution is -0.140. The summed E-state index contributed by atoms with van der Waals surface area (Å²) in [5, 5.41) is 3.50. The predicted octanol–water partition coefficient (Wildman–Crippen LogP) is 4.29. The Kier molecular flexibility index (Phi) is 7.75. The van der Waals surface area contributed by atoms with Crippen molar-refractivity contribution < 1.29 is 14.3 Å². The first-order chi connectivity index (χ1) is 16.7. The molecule has 0 heterocycles. The molecule has 0 spiro atoms. The van der Waals surface area contributed by atoms with Crippen molar-refractivity contribution >= 4 is 41.8 Å². The van der Waals surface area contributed by atoms with E-state index >= 15 is 0 Å². The first kappa shape index (κ1) is 23.3. The number of hydrogen-bond donors (Lipinski definition) is 0. The van der Waals surface area contributed by atoms with Crippen LogP contribution in [0, 0.1) is 0 Å². The zero-order chi connectivity index (χ0) is 23.8. The fraction of sp³-hybridized carbons (Fsp3) is 0.0690. The van der Waals surface area contributed by atoms with Crippen LogP contribution in [0.25, 0.3) is 0 Å². The Balaban J connectivity index is 1.76. The molecule has 5 heteroatoms. The molecule has 0 bridgehead atoms. The zero-order valence-electron chi connectivity index (χ0n) is 18.7. The Bertz CT molecular complexity index is 1240. The van der Waals surface area contributed by atoms with Gasteiger partial charge in [-0.15, -0.1) is 0 Å². The van der Waals surface area contributed by atoms with Crippen molar-refractivity contribution in [1.82, 2.24) is 0 Å². The second-order valence-corrected chi connectivity index (χ2v) is 9.68. The van der Waals surface area contributed by atoms with Gasteiger partial charge in [0.15, 0.2) is 5.78 Å². The second-order valence-electron chi connectivity index (χ2n) is 7.50. The Labute approximate surface area is 200 Å². The van der Waals surface area contributed by atoms with Crippen molar-refractivity contribution in [1.29, 1.82) is 0 Å². The first-order valence-corrected chi connectivity index (χ1v) is 12.2. The summed E-state index contributed by atoms with van der Waals surface area (Å²) >= 11 is 0. The maximum Gasteiger partial charge on any atom is 0.338 e. The van der Waals surface area contributed by atoms with Crippen LogP contribution in [0.3, 0.4) is 0 Å². The van der Waals surface area contributed by atoms with Crippen molar-refractivity contribution in [3.05, 3.63) is 126 Å². The van der Waals surface area contributed by atoms with Gasteiger partial charge in [0.1, 0.15) is 0 Å². The number of carbonyl (C=O) groups is 2. The molecule has 4 rings (SSSR count). The number of hydrogen-bond acceptors (Lipinski definition) is 4. The van der Waals surface area contributed by atoms with Gasteiger partial charge in [-0.05, 0) is 23.8 Å². The third-order valence-electron chi connectivity index (χ3n) is 5.30. The molecule has 0 aromatic heterocycles. The van der Waals surface area contributed by atoms with Crippen molar-refractivity contribution in [3.8, 4) is 0 Å². The molecule has 0 saturated carbocycles. The Morgan fingerprint density at radius 2 is 1.24 bits per heavy atom. The topological polar surface area (TPSA) is 55.7 Å². The number of rotatable bonds is 8. The summed E-state index contributed by atoms with van der Waals surface area (Å²) in [6.45, 7) is 0. The van der Waals surface area contributed by atoms with Gasteiger partial charge < -0.3 is 4.74 Å². The smallest absolute Gasteiger partial charge is 0.338 e. The minimum atomic E-state index is -1.26. The summed E-state index contributed by atoms with van der Waals surface area (Å²) < 4.78 is 4.89. The lowest BCUT2D eigenvalue weighted by Gasteiger charge is -2.21. The number of ketones is 1. The van der Waals surface area contributed by atoms with Crippen molar-refractivity contribution in [2.75, 3.05) is 7.11 Å². The molecule has 0 amide bonds. The molecule has 0 aliphatic carbocycles. The van der Waals surface area contributed by atoms with Gasteiger partial charge in [-0.3, -0.25) is 9.79 Å². The molecule has 0 aliphatic rings. The number of benzene rings is 4. The number of esters is 1. The first-order valence-electron chi connectivity index (χ1n) is 10.9. The Hall–Kier alpha value is -3.88. The van der Waals surface area contributed by atoms with Crippen molar-refractivity contribution in [2.45, 2.75) is 6.04 Å². The quantitative estimate of drug-likeness (QED) is 0.128. The molecule has 4 nitrogen and oxygen atoms in total. The largest absolute Gasteiger partial charge is 0.467 e. The highest BCUT2D eigenvalue weighted by Gasteiger charge is 2.27. The minimum absolute atomic E-state index is 0.394. The molecular formula is C29H24NO3P. The average Bonchev–Trinajstić information content (AvgIpc) is 2.91. The third kappa shape index (κ3) is 5.36. The number of carbonyl (C=O) groups excluding carboxylic acids is 2. The van der Waals surface area contributed by atoms with Crippen molar-refractivity contribution in [3.63, 3.8) is 0 Å². The van der Waals surface area contributed by atoms with E-state index < -0.39 is 25.7 Å². The lowest BCUT2D eigenvalue weighted by atomic mass is 10.0. The van der Waals surface area contributed by atoms with E-state index in [1.54, 1.807) is 30.5 Å². The van der Waals surface area contributed by atoms with E-state index in [-0.39, 0.29) is 0 Å². The summed E-state index contributed by atoms with van der Waals surface area (Å²) in [4.78, 5) is 29.9. The van der Waals surface area contributed by atoms with E-state index in [0.29, 0.717) is 5.56 Å². The molecule has 4 aromatic rings. The van der Waals surface area contributed by atoms with E-state index in [0.717, 1.165) is 10.9 Å². The highest BCUT2D eigenvalue weighted by Crippen LogP contribution is 2.33. The minimum Gasteiger partial charge on any atom is -0.467 e. The fourth-order valence-electron chi connectivity index (χ4n) is 3.64. The van der Waals surface area contributed by atoms with E-state index in [4.69, 9.17) is 4.74 Å². The number of aliphatic imine (C=N–C) groups is 1. The number of nitrogens with zero attached hydrogens (tertiary/aromatic N) is 1. The maximum absolute atomic E-state index is 13.0. The summed E-state index contributed by atoms with van der Waals surface area (Å²) in [6, 6.07) is 36.1. The second kappa shape index (κ2) is 11.3. The normalized spacial score (nSPS) is 11.9. The van der Waals surface area contributed by atoms with Crippen LogP contribution in [-0.4, -0.2) is 31.1 Å². The van der Waals surface area contributed by atoms with Crippen LogP contribution in [0.4, 0.5) is 0 Å². The van der Waals surface area contributed by atoms with Gasteiger partial charge in [-0.2, -0.15) is 0 Å². The summed E-state index contributed by atoms with van der Waals surface area (Å²) in [6.07, 6.45) is 1.62. The zero-order valence-corrected chi connectivity index (χ0v) is 19.6. The highest BCUT2D eigenvalue weighted by atomic mass is 31.1. The molecule has 4 aromatic carbocycles. The summed E-state index contributed by atoms with van der Waals surface area (Å²) in [5.74, 6) is -1.08. The maximum atomic E-state index is 13.0. The van der Waals surface area contributed by atoms with Gasteiger partial charge in [0.25, 0.3) is 0 Å². The van der Waals surface area contributed by atoms with Crippen LogP contribution < -0.4 is 15.9 Å². The molecule has 0 saturated heterocycles. The fourth-order valence-corrected chi connectivity index (χ4v) is 6.06. The van der Waals surface area contributed by atoms with Crippen molar-refractivity contribution in [2.24, 2.45) is 4.99 Å². The molecule has 168 valence electrons. The van der Waals surface area contributed by atoms with Gasteiger partial charge in [0.2, 0.25) is 6.04 Å². The molecule has 1 atom stereocenters. The van der Waals surface area contributed by atoms with Crippen LogP contribution in [0.1, 0.15) is 15.9 Å². The van der Waals surface area contributed by atoms with Gasteiger partial charge >= 0.3 is 5.97 Å². The molecule has 0 N–H and O–H groups in total. The van der Waals surface area contributed by atoms with E-state index in [1.807, 2.05) is 60.7 Å². The molecule has 0 radical (unpaired) electrons. The van der Waals surface area contributed by atoms with Crippen LogP contribution in [0.5, 0.6) is 0 Å². The summed E-state index contributed by atoms with van der Waals surface area (Å²) in [5.41, 5.74) is 1.27. The number of methoxy groups -OCH3 is 1. The predicted molar refractivity (Wildman–Crippen MR) is 139 cm³/mol. The van der Waals surface area contributed by atoms with E-state index in [1.165, 1.54) is 17.7 Å². The van der Waals surface area contributed by atoms with E-state index in [2.05, 4.69) is 35.3 Å². The lowest BCUT2D eigenvalue weighted by Crippen LogP contribution is -2.30. The highest BCUT2D eigenvalue weighted by molar-refractivity contribution is 7.80. The van der Waals surface area contributed by atoms with Crippen LogP contribution in [0.2, 0.25) is 0 Å². The molecular weight excluding hydrogens is 441 g/mol. The molecule has 0 fully saturated rings. The average molecular weight is 465 g/mol. The van der Waals surface area contributed by atoms with Gasteiger partial charge in [-0.25, -0.2) is 4.79 Å². The Morgan fingerprint density at radius 3 is 1.79 bits per heavy atom. The standard InChI is InChI=1S/C29H24NO3P/c1-33-29(32)27(28(31)22-13-5-2-6-14-22)30-21-23-15-11-12-20-26(23)34(24-16-7-3-8-17-24)25-18-9-4-10-19-25/h2-21,27H,1H3. The van der Waals surface area contributed by atoms with Crippen LogP contribution in [-0.2, 0) is 9.53 Å². The van der Waals surface area contributed by atoms with E-state index in [9.17, 15) is 9.59 Å². The molecule has 0 aliphatic heterocycles. The van der Waals surface area contributed by atoms with Gasteiger partial charge in [0.05, 0.1) is 7.11 Å². The van der Waals surface area contributed by atoms with Gasteiger partial charge in [0, 0.05) is 17.3 Å². The molecule has 34 heavy (non-hydrogen) atoms. The van der Waals surface area contributed by atoms with Crippen LogP contribution >= 0.6 is 7.92 Å². The number of ether oxygens (including phenoxy) is 1. The molecule has 1 unspecified atom stereocenters. The Morgan fingerprint density at radius 1 is 0.735 bits per heavy atom. The van der Waals surface area contributed by atoms with Crippen LogP contribution in [0.15, 0.2) is 120 Å². The third-order valence-corrected chi connectivity index (χ3v) is 7.82.